The van der Waals surface area contributed by atoms with Crippen molar-refractivity contribution < 1.29 is 18.8 Å². The Labute approximate surface area is 183 Å². The van der Waals surface area contributed by atoms with E-state index in [9.17, 15) is 9.59 Å². The summed E-state index contributed by atoms with van der Waals surface area (Å²) in [4.78, 5) is 27.1. The highest BCUT2D eigenvalue weighted by Crippen LogP contribution is 2.29. The number of rotatable bonds is 8. The van der Waals surface area contributed by atoms with Crippen molar-refractivity contribution in [1.29, 1.82) is 0 Å². The molecule has 1 N–H and O–H groups in total. The molecular formula is C24H31N3O4. The lowest BCUT2D eigenvalue weighted by Gasteiger charge is -2.24. The molecule has 1 saturated heterocycles. The summed E-state index contributed by atoms with van der Waals surface area (Å²) in [5.74, 6) is 0.341. The Morgan fingerprint density at radius 2 is 1.87 bits per heavy atom. The molecule has 2 aliphatic rings. The topological polar surface area (TPSA) is 84.7 Å². The van der Waals surface area contributed by atoms with Crippen LogP contribution in [0, 0.1) is 20.8 Å². The third kappa shape index (κ3) is 5.34. The number of amides is 2. The Kier molecular flexibility index (Phi) is 6.41. The second-order valence-corrected chi connectivity index (χ2v) is 8.83. The van der Waals surface area contributed by atoms with E-state index in [-0.39, 0.29) is 30.0 Å². The van der Waals surface area contributed by atoms with Gasteiger partial charge in [-0.2, -0.15) is 0 Å². The van der Waals surface area contributed by atoms with E-state index in [0.717, 1.165) is 49.0 Å². The number of benzene rings is 1. The summed E-state index contributed by atoms with van der Waals surface area (Å²) in [5, 5.41) is 7.05. The van der Waals surface area contributed by atoms with Gasteiger partial charge in [-0.05, 0) is 57.6 Å². The van der Waals surface area contributed by atoms with Crippen LogP contribution in [-0.2, 0) is 9.53 Å². The van der Waals surface area contributed by atoms with Crippen molar-refractivity contribution in [1.82, 2.24) is 15.4 Å². The number of nitrogens with zero attached hydrogens (tertiary/aromatic N) is 2. The van der Waals surface area contributed by atoms with Crippen LogP contribution in [0.5, 0.6) is 0 Å². The van der Waals surface area contributed by atoms with Crippen LogP contribution in [-0.4, -0.2) is 53.7 Å². The van der Waals surface area contributed by atoms with E-state index in [2.05, 4.69) is 29.5 Å². The molecule has 31 heavy (non-hydrogen) atoms. The summed E-state index contributed by atoms with van der Waals surface area (Å²) in [7, 11) is 0. The molecule has 166 valence electrons. The molecule has 2 aromatic rings. The molecule has 1 aromatic heterocycles. The van der Waals surface area contributed by atoms with Gasteiger partial charge in [-0.15, -0.1) is 0 Å². The zero-order valence-electron chi connectivity index (χ0n) is 18.6. The SMILES string of the molecule is Cc1cc(C)c(-c2cc(C(=O)N(CCC(=O)NC3CC3)C[C@@H]3CCCO3)no2)c(C)c1. The fraction of sp³-hybridized carbons (Fsp3) is 0.542. The van der Waals surface area contributed by atoms with Crippen molar-refractivity contribution >= 4 is 11.8 Å². The number of hydrogen-bond donors (Lipinski definition) is 1. The lowest BCUT2D eigenvalue weighted by molar-refractivity contribution is -0.121. The van der Waals surface area contributed by atoms with E-state index in [1.54, 1.807) is 11.0 Å². The first kappa shape index (κ1) is 21.6. The lowest BCUT2D eigenvalue weighted by Crippen LogP contribution is -2.40. The maximum atomic E-state index is 13.3. The molecule has 1 atom stereocenters. The summed E-state index contributed by atoms with van der Waals surface area (Å²) in [6, 6.07) is 6.21. The molecule has 2 heterocycles. The molecule has 0 spiro atoms. The number of carbonyl (C=O) groups is 2. The van der Waals surface area contributed by atoms with Crippen molar-refractivity contribution in [3.05, 3.63) is 40.6 Å². The molecule has 1 saturated carbocycles. The van der Waals surface area contributed by atoms with Gasteiger partial charge in [-0.3, -0.25) is 9.59 Å². The molecule has 1 aliphatic heterocycles. The summed E-state index contributed by atoms with van der Waals surface area (Å²) in [6.07, 6.45) is 4.28. The van der Waals surface area contributed by atoms with Gasteiger partial charge in [-0.25, -0.2) is 0 Å². The Balaban J connectivity index is 1.49. The molecule has 4 rings (SSSR count). The normalized spacial score (nSPS) is 18.2. The highest BCUT2D eigenvalue weighted by Gasteiger charge is 2.28. The van der Waals surface area contributed by atoms with Gasteiger partial charge in [0.05, 0.1) is 6.10 Å². The largest absolute Gasteiger partial charge is 0.376 e. The van der Waals surface area contributed by atoms with Crippen LogP contribution < -0.4 is 5.32 Å². The predicted molar refractivity (Wildman–Crippen MR) is 117 cm³/mol. The van der Waals surface area contributed by atoms with Crippen molar-refractivity contribution in [2.24, 2.45) is 0 Å². The second kappa shape index (κ2) is 9.22. The highest BCUT2D eigenvalue weighted by atomic mass is 16.5. The Morgan fingerprint density at radius 1 is 1.13 bits per heavy atom. The molecule has 1 aliphatic carbocycles. The van der Waals surface area contributed by atoms with Crippen LogP contribution in [0.1, 0.15) is 59.3 Å². The minimum atomic E-state index is -0.230. The fourth-order valence-electron chi connectivity index (χ4n) is 4.30. The first-order valence-electron chi connectivity index (χ1n) is 11.2. The zero-order chi connectivity index (χ0) is 22.0. The van der Waals surface area contributed by atoms with E-state index in [1.807, 2.05) is 13.8 Å². The molecule has 1 aromatic carbocycles. The van der Waals surface area contributed by atoms with Crippen LogP contribution in [0.15, 0.2) is 22.7 Å². The van der Waals surface area contributed by atoms with Crippen molar-refractivity contribution in [3.63, 3.8) is 0 Å². The number of hydrogen-bond acceptors (Lipinski definition) is 5. The number of aromatic nitrogens is 1. The lowest BCUT2D eigenvalue weighted by atomic mass is 9.98. The van der Waals surface area contributed by atoms with Gasteiger partial charge >= 0.3 is 0 Å². The van der Waals surface area contributed by atoms with Gasteiger partial charge in [0.1, 0.15) is 0 Å². The van der Waals surface area contributed by atoms with Gasteiger partial charge in [0.15, 0.2) is 11.5 Å². The standard InChI is InChI=1S/C24H31N3O4/c1-15-11-16(2)23(17(3)12-15)21-13-20(26-31-21)24(29)27(14-19-5-4-10-30-19)9-8-22(28)25-18-6-7-18/h11-13,18-19H,4-10,14H2,1-3H3,(H,25,28)/t19-/m0/s1. The third-order valence-corrected chi connectivity index (χ3v) is 5.94. The molecule has 0 radical (unpaired) electrons. The van der Waals surface area contributed by atoms with Gasteiger partial charge in [0.25, 0.3) is 5.91 Å². The molecule has 7 nitrogen and oxygen atoms in total. The highest BCUT2D eigenvalue weighted by molar-refractivity contribution is 5.93. The number of nitrogens with one attached hydrogen (secondary N) is 1. The molecular weight excluding hydrogens is 394 g/mol. The van der Waals surface area contributed by atoms with Gasteiger partial charge in [-0.1, -0.05) is 22.9 Å². The molecule has 0 bridgehead atoms. The van der Waals surface area contributed by atoms with Crippen molar-refractivity contribution in [2.75, 3.05) is 19.7 Å². The van der Waals surface area contributed by atoms with E-state index < -0.39 is 0 Å². The van der Waals surface area contributed by atoms with Gasteiger partial charge in [0.2, 0.25) is 5.91 Å². The van der Waals surface area contributed by atoms with Crippen LogP contribution in [0.25, 0.3) is 11.3 Å². The molecule has 2 amide bonds. The Hall–Kier alpha value is -2.67. The number of aryl methyl sites for hydroxylation is 3. The molecule has 2 fully saturated rings. The van der Waals surface area contributed by atoms with Crippen LogP contribution in [0.3, 0.4) is 0 Å². The number of ether oxygens (including phenoxy) is 1. The van der Waals surface area contributed by atoms with E-state index in [0.29, 0.717) is 24.9 Å². The summed E-state index contributed by atoms with van der Waals surface area (Å²) >= 11 is 0. The first-order chi connectivity index (χ1) is 14.9. The summed E-state index contributed by atoms with van der Waals surface area (Å²) < 4.78 is 11.3. The average Bonchev–Trinajstić information content (AvgIpc) is 3.16. The molecule has 0 unspecified atom stereocenters. The van der Waals surface area contributed by atoms with Crippen LogP contribution >= 0.6 is 0 Å². The summed E-state index contributed by atoms with van der Waals surface area (Å²) in [6.45, 7) is 7.63. The first-order valence-corrected chi connectivity index (χ1v) is 11.2. The van der Waals surface area contributed by atoms with Gasteiger partial charge in [0, 0.05) is 43.8 Å². The second-order valence-electron chi connectivity index (χ2n) is 8.83. The zero-order valence-corrected chi connectivity index (χ0v) is 18.6. The van der Waals surface area contributed by atoms with Crippen LogP contribution in [0.4, 0.5) is 0 Å². The fourth-order valence-corrected chi connectivity index (χ4v) is 4.30. The Bertz CT molecular complexity index is 934. The van der Waals surface area contributed by atoms with E-state index in [1.165, 1.54) is 5.56 Å². The van der Waals surface area contributed by atoms with Crippen molar-refractivity contribution in [3.8, 4) is 11.3 Å². The average molecular weight is 426 g/mol. The third-order valence-electron chi connectivity index (χ3n) is 5.94. The smallest absolute Gasteiger partial charge is 0.276 e. The van der Waals surface area contributed by atoms with Gasteiger partial charge < -0.3 is 19.5 Å². The number of carbonyl (C=O) groups excluding carboxylic acids is 2. The predicted octanol–water partition coefficient (Wildman–Crippen LogP) is 3.56. The Morgan fingerprint density at radius 3 is 2.52 bits per heavy atom. The monoisotopic (exact) mass is 425 g/mol. The molecule has 7 heteroatoms. The summed E-state index contributed by atoms with van der Waals surface area (Å²) in [5.41, 5.74) is 4.57. The quantitative estimate of drug-likeness (QED) is 0.699. The minimum absolute atomic E-state index is 0.00315. The maximum Gasteiger partial charge on any atom is 0.276 e. The van der Waals surface area contributed by atoms with E-state index in [4.69, 9.17) is 9.26 Å². The minimum Gasteiger partial charge on any atom is -0.376 e. The van der Waals surface area contributed by atoms with E-state index >= 15 is 0 Å². The van der Waals surface area contributed by atoms with Crippen molar-refractivity contribution in [2.45, 2.75) is 65.0 Å². The maximum absolute atomic E-state index is 13.3. The van der Waals surface area contributed by atoms with Crippen LogP contribution in [0.2, 0.25) is 0 Å².